The van der Waals surface area contributed by atoms with E-state index in [2.05, 4.69) is 5.92 Å². The molecular weight excluding hydrogens is 232 g/mol. The van der Waals surface area contributed by atoms with Crippen LogP contribution >= 0.6 is 0 Å². The normalized spacial score (nSPS) is 18.9. The van der Waals surface area contributed by atoms with Crippen molar-refractivity contribution in [3.63, 3.8) is 0 Å². The van der Waals surface area contributed by atoms with Crippen LogP contribution in [0.15, 0.2) is 0 Å². The number of hydrogen-bond donors (Lipinski definition) is 1. The molecule has 1 N–H and O–H groups in total. The molecule has 0 aromatic rings. The summed E-state index contributed by atoms with van der Waals surface area (Å²) in [7, 11) is 1.25. The van der Waals surface area contributed by atoms with Crippen LogP contribution < -0.4 is 0 Å². The molecule has 0 aromatic heterocycles. The Kier molecular flexibility index (Phi) is 5.21. The second kappa shape index (κ2) is 6.44. The molecular formula is C14H20O4. The third-order valence-electron chi connectivity index (χ3n) is 3.88. The van der Waals surface area contributed by atoms with E-state index in [1.54, 1.807) is 0 Å². The van der Waals surface area contributed by atoms with Crippen LogP contribution in [0.3, 0.4) is 0 Å². The third kappa shape index (κ3) is 2.66. The number of carboxylic acid groups (broad SMARTS) is 1. The van der Waals surface area contributed by atoms with Gasteiger partial charge in [0.1, 0.15) is 0 Å². The molecule has 1 rings (SSSR count). The van der Waals surface area contributed by atoms with Crippen molar-refractivity contribution in [2.45, 2.75) is 44.9 Å². The number of carboxylic acids is 1. The fourth-order valence-electron chi connectivity index (χ4n) is 2.91. The molecule has 1 atom stereocenters. The van der Waals surface area contributed by atoms with Gasteiger partial charge in [0.25, 0.3) is 0 Å². The Morgan fingerprint density at radius 3 is 2.50 bits per heavy atom. The van der Waals surface area contributed by atoms with Gasteiger partial charge in [-0.15, -0.1) is 12.3 Å². The zero-order valence-corrected chi connectivity index (χ0v) is 10.8. The lowest BCUT2D eigenvalue weighted by atomic mass is 9.71. The van der Waals surface area contributed by atoms with Crippen LogP contribution in [0.4, 0.5) is 0 Å². The Bertz CT molecular complexity index is 349. The molecule has 0 aliphatic heterocycles. The molecule has 0 heterocycles. The zero-order valence-electron chi connectivity index (χ0n) is 10.8. The quantitative estimate of drug-likeness (QED) is 0.341. The summed E-state index contributed by atoms with van der Waals surface area (Å²) in [5, 5.41) is 9.53. The Labute approximate surface area is 108 Å². The van der Waals surface area contributed by atoms with Gasteiger partial charge in [-0.1, -0.05) is 12.8 Å². The van der Waals surface area contributed by atoms with Gasteiger partial charge in [0, 0.05) is 6.42 Å². The van der Waals surface area contributed by atoms with E-state index < -0.39 is 17.4 Å². The molecule has 0 spiro atoms. The lowest BCUT2D eigenvalue weighted by Crippen LogP contribution is -2.45. The molecule has 0 radical (unpaired) electrons. The summed E-state index contributed by atoms with van der Waals surface area (Å²) in [5.41, 5.74) is -1.40. The van der Waals surface area contributed by atoms with Crippen molar-refractivity contribution in [3.8, 4) is 12.3 Å². The van der Waals surface area contributed by atoms with Gasteiger partial charge in [-0.2, -0.15) is 0 Å². The smallest absolute Gasteiger partial charge is 0.323 e. The van der Waals surface area contributed by atoms with Crippen LogP contribution in [-0.2, 0) is 14.3 Å². The first-order valence-electron chi connectivity index (χ1n) is 6.35. The van der Waals surface area contributed by atoms with E-state index in [0.717, 1.165) is 25.7 Å². The topological polar surface area (TPSA) is 63.6 Å². The average Bonchev–Trinajstić information content (AvgIpc) is 2.87. The molecule has 0 saturated heterocycles. The van der Waals surface area contributed by atoms with Crippen molar-refractivity contribution in [3.05, 3.63) is 0 Å². The number of hydrogen-bond acceptors (Lipinski definition) is 3. The molecule has 1 aliphatic carbocycles. The highest BCUT2D eigenvalue weighted by Gasteiger charge is 2.53. The molecule has 4 heteroatoms. The average molecular weight is 252 g/mol. The van der Waals surface area contributed by atoms with Crippen LogP contribution in [-0.4, -0.2) is 24.2 Å². The van der Waals surface area contributed by atoms with E-state index in [1.165, 1.54) is 7.11 Å². The minimum atomic E-state index is -1.40. The van der Waals surface area contributed by atoms with Crippen LogP contribution in [0, 0.1) is 23.7 Å². The zero-order chi connectivity index (χ0) is 13.6. The van der Waals surface area contributed by atoms with Crippen molar-refractivity contribution in [1.82, 2.24) is 0 Å². The van der Waals surface area contributed by atoms with Gasteiger partial charge in [-0.05, 0) is 31.6 Å². The largest absolute Gasteiger partial charge is 0.480 e. The van der Waals surface area contributed by atoms with Crippen LogP contribution in [0.25, 0.3) is 0 Å². The third-order valence-corrected chi connectivity index (χ3v) is 3.88. The molecule has 18 heavy (non-hydrogen) atoms. The van der Waals surface area contributed by atoms with Crippen LogP contribution in [0.5, 0.6) is 0 Å². The summed E-state index contributed by atoms with van der Waals surface area (Å²) in [6.45, 7) is 0. The van der Waals surface area contributed by atoms with E-state index in [4.69, 9.17) is 11.2 Å². The van der Waals surface area contributed by atoms with Crippen molar-refractivity contribution < 1.29 is 19.4 Å². The predicted octanol–water partition coefficient (Wildman–Crippen LogP) is 2.22. The van der Waals surface area contributed by atoms with Gasteiger partial charge in [0.2, 0.25) is 0 Å². The molecule has 0 amide bonds. The van der Waals surface area contributed by atoms with E-state index in [9.17, 15) is 14.7 Å². The number of terminal acetylenes is 1. The highest BCUT2D eigenvalue weighted by molar-refractivity contribution is 5.99. The van der Waals surface area contributed by atoms with Gasteiger partial charge >= 0.3 is 11.9 Å². The van der Waals surface area contributed by atoms with Gasteiger partial charge in [0.05, 0.1) is 7.11 Å². The lowest BCUT2D eigenvalue weighted by Gasteiger charge is -2.32. The second-order valence-corrected chi connectivity index (χ2v) is 4.81. The summed E-state index contributed by atoms with van der Waals surface area (Å²) < 4.78 is 4.75. The Hall–Kier alpha value is -1.50. The monoisotopic (exact) mass is 252 g/mol. The number of carbonyl (C=O) groups excluding carboxylic acids is 1. The molecule has 100 valence electrons. The molecule has 1 aliphatic rings. The number of ether oxygens (including phenoxy) is 1. The van der Waals surface area contributed by atoms with Crippen LogP contribution in [0.2, 0.25) is 0 Å². The molecule has 1 saturated carbocycles. The number of unbranched alkanes of at least 4 members (excludes halogenated alkanes) is 1. The first-order chi connectivity index (χ1) is 8.59. The summed E-state index contributed by atoms with van der Waals surface area (Å²) in [4.78, 5) is 23.7. The van der Waals surface area contributed by atoms with Crippen molar-refractivity contribution in [1.29, 1.82) is 0 Å². The number of esters is 1. The number of aliphatic carboxylic acids is 1. The first kappa shape index (κ1) is 14.6. The molecule has 1 unspecified atom stereocenters. The van der Waals surface area contributed by atoms with Gasteiger partial charge < -0.3 is 9.84 Å². The Morgan fingerprint density at radius 2 is 2.06 bits per heavy atom. The maximum Gasteiger partial charge on any atom is 0.323 e. The number of methoxy groups -OCH3 is 1. The van der Waals surface area contributed by atoms with Gasteiger partial charge in [-0.25, -0.2) is 0 Å². The molecule has 0 aromatic carbocycles. The van der Waals surface area contributed by atoms with E-state index in [-0.39, 0.29) is 12.3 Å². The SMILES string of the molecule is C#CCCCC(C(=O)O)(C(=O)OC)C1CCCC1. The van der Waals surface area contributed by atoms with Crippen molar-refractivity contribution in [2.75, 3.05) is 7.11 Å². The predicted molar refractivity (Wildman–Crippen MR) is 66.7 cm³/mol. The fraction of sp³-hybridized carbons (Fsp3) is 0.714. The summed E-state index contributed by atoms with van der Waals surface area (Å²) in [5.74, 6) is 0.660. The van der Waals surface area contributed by atoms with E-state index in [1.807, 2.05) is 0 Å². The van der Waals surface area contributed by atoms with Crippen molar-refractivity contribution in [2.24, 2.45) is 11.3 Å². The molecule has 0 bridgehead atoms. The Morgan fingerprint density at radius 1 is 1.44 bits per heavy atom. The Balaban J connectivity index is 2.97. The molecule has 1 fully saturated rings. The summed E-state index contributed by atoms with van der Waals surface area (Å²) in [6, 6.07) is 0. The standard InChI is InChI=1S/C14H20O4/c1-3-4-7-10-14(12(15)16,13(17)18-2)11-8-5-6-9-11/h1,11H,4-10H2,2H3,(H,15,16). The second-order valence-electron chi connectivity index (χ2n) is 4.81. The minimum absolute atomic E-state index is 0.125. The van der Waals surface area contributed by atoms with Gasteiger partial charge in [0.15, 0.2) is 5.41 Å². The minimum Gasteiger partial charge on any atom is -0.480 e. The first-order valence-corrected chi connectivity index (χ1v) is 6.35. The maximum absolute atomic E-state index is 12.0. The van der Waals surface area contributed by atoms with E-state index in [0.29, 0.717) is 12.8 Å². The summed E-state index contributed by atoms with van der Waals surface area (Å²) in [6.07, 6.45) is 9.98. The molecule has 4 nitrogen and oxygen atoms in total. The number of rotatable bonds is 6. The summed E-state index contributed by atoms with van der Waals surface area (Å²) >= 11 is 0. The maximum atomic E-state index is 12.0. The van der Waals surface area contributed by atoms with Gasteiger partial charge in [-0.3, -0.25) is 9.59 Å². The lowest BCUT2D eigenvalue weighted by molar-refractivity contribution is -0.172. The fourth-order valence-corrected chi connectivity index (χ4v) is 2.91. The highest BCUT2D eigenvalue weighted by atomic mass is 16.5. The number of carbonyl (C=O) groups is 2. The van der Waals surface area contributed by atoms with Crippen LogP contribution in [0.1, 0.15) is 44.9 Å². The highest BCUT2D eigenvalue weighted by Crippen LogP contribution is 2.44. The van der Waals surface area contributed by atoms with Crippen molar-refractivity contribution >= 4 is 11.9 Å². The van der Waals surface area contributed by atoms with E-state index >= 15 is 0 Å².